The van der Waals surface area contributed by atoms with Gasteiger partial charge in [0.2, 0.25) is 5.56 Å². The van der Waals surface area contributed by atoms with Crippen LogP contribution in [-0.2, 0) is 0 Å². The lowest BCUT2D eigenvalue weighted by Crippen LogP contribution is -2.04. The average molecular weight is 263 g/mol. The molecule has 1 aromatic heterocycles. The average Bonchev–Trinajstić information content (AvgIpc) is 2.46. The maximum Gasteiger partial charge on any atom is 0.249 e. The number of fused-ring (bicyclic) bond motifs is 1. The van der Waals surface area contributed by atoms with E-state index in [0.29, 0.717) is 5.92 Å². The van der Waals surface area contributed by atoms with Gasteiger partial charge in [-0.3, -0.25) is 4.79 Å². The van der Waals surface area contributed by atoms with Crippen molar-refractivity contribution in [2.75, 3.05) is 0 Å². The highest BCUT2D eigenvalue weighted by atomic mass is 16.1. The zero-order valence-corrected chi connectivity index (χ0v) is 11.7. The molecule has 1 heterocycles. The van der Waals surface area contributed by atoms with Crippen molar-refractivity contribution in [1.82, 2.24) is 4.98 Å². The Labute approximate surface area is 118 Å². The Morgan fingerprint density at radius 3 is 2.35 bits per heavy atom. The summed E-state index contributed by atoms with van der Waals surface area (Å²) in [4.78, 5) is 14.7. The van der Waals surface area contributed by atoms with Gasteiger partial charge in [-0.25, -0.2) is 0 Å². The quantitative estimate of drug-likeness (QED) is 0.734. The SMILES string of the molecule is CC(C)c1ccc(-c2cc(=O)[nH]c3ccccc23)cc1. The van der Waals surface area contributed by atoms with E-state index < -0.39 is 0 Å². The fourth-order valence-electron chi connectivity index (χ4n) is 2.49. The summed E-state index contributed by atoms with van der Waals surface area (Å²) in [5.41, 5.74) is 4.19. The number of nitrogens with one attached hydrogen (secondary N) is 1. The van der Waals surface area contributed by atoms with E-state index in [4.69, 9.17) is 0 Å². The van der Waals surface area contributed by atoms with E-state index in [2.05, 4.69) is 43.1 Å². The molecule has 0 saturated carbocycles. The Kier molecular flexibility index (Phi) is 3.15. The Hall–Kier alpha value is -2.35. The molecule has 0 radical (unpaired) electrons. The Morgan fingerprint density at radius 2 is 1.65 bits per heavy atom. The topological polar surface area (TPSA) is 32.9 Å². The minimum atomic E-state index is -0.0633. The molecule has 3 aromatic rings. The Balaban J connectivity index is 2.21. The van der Waals surface area contributed by atoms with E-state index in [-0.39, 0.29) is 5.56 Å². The summed E-state index contributed by atoms with van der Waals surface area (Å²) in [6.07, 6.45) is 0. The third-order valence-corrected chi connectivity index (χ3v) is 3.64. The minimum Gasteiger partial charge on any atom is -0.322 e. The maximum atomic E-state index is 11.8. The van der Waals surface area contributed by atoms with Crippen LogP contribution < -0.4 is 5.56 Å². The molecule has 0 saturated heterocycles. The predicted octanol–water partition coefficient (Wildman–Crippen LogP) is 4.32. The molecule has 1 N–H and O–H groups in total. The molecule has 20 heavy (non-hydrogen) atoms. The maximum absolute atomic E-state index is 11.8. The molecule has 3 rings (SSSR count). The number of aromatic nitrogens is 1. The first-order valence-electron chi connectivity index (χ1n) is 6.87. The van der Waals surface area contributed by atoms with Crippen molar-refractivity contribution in [2.24, 2.45) is 0 Å². The predicted molar refractivity (Wildman–Crippen MR) is 84.1 cm³/mol. The molecule has 2 heteroatoms. The van der Waals surface area contributed by atoms with Gasteiger partial charge in [0, 0.05) is 17.0 Å². The fourth-order valence-corrected chi connectivity index (χ4v) is 2.49. The standard InChI is InChI=1S/C18H17NO/c1-12(2)13-7-9-14(10-8-13)16-11-18(20)19-17-6-4-3-5-15(16)17/h3-12H,1-2H3,(H,19,20). The molecular formula is C18H17NO. The number of rotatable bonds is 2. The second kappa shape index (κ2) is 4.97. The van der Waals surface area contributed by atoms with E-state index in [9.17, 15) is 4.79 Å². The molecule has 0 spiro atoms. The van der Waals surface area contributed by atoms with Gasteiger partial charge >= 0.3 is 0 Å². The highest BCUT2D eigenvalue weighted by molar-refractivity contribution is 5.94. The molecule has 0 aliphatic heterocycles. The van der Waals surface area contributed by atoms with Crippen molar-refractivity contribution < 1.29 is 0 Å². The largest absolute Gasteiger partial charge is 0.322 e. The van der Waals surface area contributed by atoms with Crippen LogP contribution in [0.15, 0.2) is 59.4 Å². The molecule has 0 atom stereocenters. The van der Waals surface area contributed by atoms with Gasteiger partial charge in [-0.05, 0) is 28.7 Å². The van der Waals surface area contributed by atoms with Crippen LogP contribution in [-0.4, -0.2) is 4.98 Å². The smallest absolute Gasteiger partial charge is 0.249 e. The molecule has 0 aliphatic carbocycles. The van der Waals surface area contributed by atoms with Gasteiger partial charge in [-0.2, -0.15) is 0 Å². The lowest BCUT2D eigenvalue weighted by molar-refractivity contribution is 0.867. The summed E-state index contributed by atoms with van der Waals surface area (Å²) in [6.45, 7) is 4.36. The zero-order valence-electron chi connectivity index (χ0n) is 11.7. The summed E-state index contributed by atoms with van der Waals surface area (Å²) < 4.78 is 0. The number of benzene rings is 2. The third-order valence-electron chi connectivity index (χ3n) is 3.64. The number of hydrogen-bond acceptors (Lipinski definition) is 1. The van der Waals surface area contributed by atoms with Crippen LogP contribution in [0.5, 0.6) is 0 Å². The van der Waals surface area contributed by atoms with Crippen LogP contribution in [0.1, 0.15) is 25.3 Å². The van der Waals surface area contributed by atoms with Crippen LogP contribution in [0.25, 0.3) is 22.0 Å². The molecule has 2 aromatic carbocycles. The van der Waals surface area contributed by atoms with Crippen LogP contribution >= 0.6 is 0 Å². The third kappa shape index (κ3) is 2.25. The monoisotopic (exact) mass is 263 g/mol. The highest BCUT2D eigenvalue weighted by Gasteiger charge is 2.06. The first-order valence-corrected chi connectivity index (χ1v) is 6.87. The molecular weight excluding hydrogens is 246 g/mol. The molecule has 2 nitrogen and oxygen atoms in total. The highest BCUT2D eigenvalue weighted by Crippen LogP contribution is 2.27. The van der Waals surface area contributed by atoms with Gasteiger partial charge in [0.05, 0.1) is 0 Å². The summed E-state index contributed by atoms with van der Waals surface area (Å²) in [5, 5.41) is 1.07. The summed E-state index contributed by atoms with van der Waals surface area (Å²) in [5.74, 6) is 0.514. The molecule has 0 aliphatic rings. The second-order valence-corrected chi connectivity index (χ2v) is 5.37. The fraction of sp³-hybridized carbons (Fsp3) is 0.167. The van der Waals surface area contributed by atoms with Crippen molar-refractivity contribution in [1.29, 1.82) is 0 Å². The van der Waals surface area contributed by atoms with Crippen molar-refractivity contribution in [3.05, 3.63) is 70.5 Å². The van der Waals surface area contributed by atoms with E-state index in [1.165, 1.54) is 5.56 Å². The van der Waals surface area contributed by atoms with Crippen molar-refractivity contribution in [3.63, 3.8) is 0 Å². The first-order chi connectivity index (χ1) is 9.65. The number of para-hydroxylation sites is 1. The van der Waals surface area contributed by atoms with Crippen LogP contribution in [0.3, 0.4) is 0 Å². The Morgan fingerprint density at radius 1 is 0.950 bits per heavy atom. The van der Waals surface area contributed by atoms with Gasteiger partial charge < -0.3 is 4.98 Å². The summed E-state index contributed by atoms with van der Waals surface area (Å²) in [6, 6.07) is 18.0. The molecule has 0 bridgehead atoms. The second-order valence-electron chi connectivity index (χ2n) is 5.37. The summed E-state index contributed by atoms with van der Waals surface area (Å²) in [7, 11) is 0. The number of hydrogen-bond donors (Lipinski definition) is 1. The van der Waals surface area contributed by atoms with Crippen LogP contribution in [0, 0.1) is 0 Å². The van der Waals surface area contributed by atoms with Gasteiger partial charge in [0.25, 0.3) is 0 Å². The summed E-state index contributed by atoms with van der Waals surface area (Å²) >= 11 is 0. The number of aromatic amines is 1. The van der Waals surface area contributed by atoms with Gasteiger partial charge in [-0.15, -0.1) is 0 Å². The molecule has 0 unspecified atom stereocenters. The molecule has 0 fully saturated rings. The lowest BCUT2D eigenvalue weighted by Gasteiger charge is -2.09. The van der Waals surface area contributed by atoms with Crippen molar-refractivity contribution in [3.8, 4) is 11.1 Å². The number of H-pyrrole nitrogens is 1. The first kappa shape index (κ1) is 12.7. The zero-order chi connectivity index (χ0) is 14.1. The van der Waals surface area contributed by atoms with E-state index in [1.807, 2.05) is 24.3 Å². The number of pyridine rings is 1. The van der Waals surface area contributed by atoms with E-state index >= 15 is 0 Å². The van der Waals surface area contributed by atoms with Gasteiger partial charge in [0.15, 0.2) is 0 Å². The van der Waals surface area contributed by atoms with Crippen molar-refractivity contribution in [2.45, 2.75) is 19.8 Å². The molecule has 0 amide bonds. The minimum absolute atomic E-state index is 0.0633. The van der Waals surface area contributed by atoms with E-state index in [0.717, 1.165) is 22.0 Å². The van der Waals surface area contributed by atoms with Crippen LogP contribution in [0.4, 0.5) is 0 Å². The molecule has 100 valence electrons. The van der Waals surface area contributed by atoms with Gasteiger partial charge in [0.1, 0.15) is 0 Å². The lowest BCUT2D eigenvalue weighted by atomic mass is 9.97. The normalized spacial score (nSPS) is 11.2. The Bertz CT molecular complexity index is 798. The van der Waals surface area contributed by atoms with Crippen LogP contribution in [0.2, 0.25) is 0 Å². The van der Waals surface area contributed by atoms with Gasteiger partial charge in [-0.1, -0.05) is 56.3 Å². The van der Waals surface area contributed by atoms with Crippen molar-refractivity contribution >= 4 is 10.9 Å². The van der Waals surface area contributed by atoms with E-state index in [1.54, 1.807) is 6.07 Å².